The van der Waals surface area contributed by atoms with Crippen LogP contribution in [0.4, 0.5) is 0 Å². The number of methoxy groups -OCH3 is 1. The molecule has 1 aromatic carbocycles. The monoisotopic (exact) mass is 329 g/mol. The summed E-state index contributed by atoms with van der Waals surface area (Å²) in [4.78, 5) is 27.9. The van der Waals surface area contributed by atoms with Gasteiger partial charge in [-0.3, -0.25) is 9.59 Å². The molecule has 2 aromatic rings. The zero-order valence-corrected chi connectivity index (χ0v) is 13.8. The summed E-state index contributed by atoms with van der Waals surface area (Å²) < 4.78 is 12.0. The number of hydrogen-bond donors (Lipinski definition) is 0. The van der Waals surface area contributed by atoms with Crippen molar-refractivity contribution in [3.63, 3.8) is 0 Å². The molecule has 126 valence electrons. The molecular weight excluding hydrogens is 310 g/mol. The van der Waals surface area contributed by atoms with Gasteiger partial charge in [-0.05, 0) is 18.6 Å². The van der Waals surface area contributed by atoms with E-state index in [9.17, 15) is 9.59 Å². The molecule has 0 bridgehead atoms. The summed E-state index contributed by atoms with van der Waals surface area (Å²) in [7, 11) is 1.55. The molecule has 0 aliphatic carbocycles. The number of esters is 1. The van der Waals surface area contributed by atoms with Crippen molar-refractivity contribution in [3.05, 3.63) is 48.6 Å². The van der Waals surface area contributed by atoms with Crippen molar-refractivity contribution in [1.82, 2.24) is 14.8 Å². The number of aromatic nitrogens is 3. The molecule has 0 aliphatic heterocycles. The van der Waals surface area contributed by atoms with Gasteiger partial charge in [-0.15, -0.1) is 0 Å². The van der Waals surface area contributed by atoms with Crippen LogP contribution in [0.3, 0.4) is 0 Å². The fourth-order valence-electron chi connectivity index (χ4n) is 2.32. The zero-order chi connectivity index (χ0) is 17.6. The molecule has 1 heterocycles. The first-order valence-corrected chi connectivity index (χ1v) is 7.33. The van der Waals surface area contributed by atoms with Gasteiger partial charge in [0, 0.05) is 25.6 Å². The number of carbonyl (C=O) groups excluding carboxylic acids is 2. The molecule has 0 fully saturated rings. The van der Waals surface area contributed by atoms with E-state index in [0.29, 0.717) is 5.75 Å². The van der Waals surface area contributed by atoms with Gasteiger partial charge in [-0.1, -0.05) is 18.2 Å². The smallest absolute Gasteiger partial charge is 0.303 e. The maximum absolute atomic E-state index is 12.6. The average Bonchev–Trinajstić information content (AvgIpc) is 3.05. The lowest BCUT2D eigenvalue weighted by atomic mass is 9.91. The van der Waals surface area contributed by atoms with E-state index in [-0.39, 0.29) is 12.2 Å². The highest BCUT2D eigenvalue weighted by molar-refractivity contribution is 6.00. The van der Waals surface area contributed by atoms with E-state index in [2.05, 4.69) is 10.1 Å². The molecule has 24 heavy (non-hydrogen) atoms. The average molecular weight is 329 g/mol. The van der Waals surface area contributed by atoms with Crippen LogP contribution < -0.4 is 4.74 Å². The van der Waals surface area contributed by atoms with Gasteiger partial charge >= 0.3 is 5.97 Å². The molecule has 1 aromatic heterocycles. The highest BCUT2D eigenvalue weighted by Gasteiger charge is 2.36. The molecule has 0 N–H and O–H groups in total. The van der Waals surface area contributed by atoms with Crippen molar-refractivity contribution in [1.29, 1.82) is 0 Å². The first-order valence-electron chi connectivity index (χ1n) is 7.33. The SMILES string of the molecule is COc1ccccc1CC(C)(OC(C)=O)C(=O)C=Cn1cncn1. The first-order chi connectivity index (χ1) is 11.4. The zero-order valence-electron chi connectivity index (χ0n) is 13.8. The third-order valence-corrected chi connectivity index (χ3v) is 3.43. The lowest BCUT2D eigenvalue weighted by Crippen LogP contribution is -2.41. The summed E-state index contributed by atoms with van der Waals surface area (Å²) in [5.41, 5.74) is -0.580. The van der Waals surface area contributed by atoms with Gasteiger partial charge in [-0.2, -0.15) is 5.10 Å². The third-order valence-electron chi connectivity index (χ3n) is 3.43. The second kappa shape index (κ2) is 7.54. The van der Waals surface area contributed by atoms with Gasteiger partial charge in [0.05, 0.1) is 7.11 Å². The topological polar surface area (TPSA) is 83.3 Å². The van der Waals surface area contributed by atoms with E-state index in [0.717, 1.165) is 5.56 Å². The molecule has 0 aliphatic rings. The minimum absolute atomic E-state index is 0.192. The maximum Gasteiger partial charge on any atom is 0.303 e. The Hall–Kier alpha value is -2.96. The molecule has 1 unspecified atom stereocenters. The molecule has 0 saturated heterocycles. The van der Waals surface area contributed by atoms with Crippen LogP contribution in [-0.2, 0) is 20.7 Å². The molecule has 0 saturated carbocycles. The van der Waals surface area contributed by atoms with Crippen molar-refractivity contribution in [2.24, 2.45) is 0 Å². The molecule has 0 radical (unpaired) electrons. The van der Waals surface area contributed by atoms with Gasteiger partial charge in [0.15, 0.2) is 5.60 Å². The van der Waals surface area contributed by atoms with Gasteiger partial charge in [-0.25, -0.2) is 9.67 Å². The van der Waals surface area contributed by atoms with E-state index >= 15 is 0 Å². The molecule has 7 heteroatoms. The molecule has 1 atom stereocenters. The normalized spacial score (nSPS) is 13.5. The minimum Gasteiger partial charge on any atom is -0.496 e. The quantitative estimate of drug-likeness (QED) is 0.570. The predicted octanol–water partition coefficient (Wildman–Crippen LogP) is 1.89. The number of carbonyl (C=O) groups is 2. The minimum atomic E-state index is -1.35. The van der Waals surface area contributed by atoms with E-state index in [1.165, 1.54) is 36.5 Å². The van der Waals surface area contributed by atoms with Crippen molar-refractivity contribution in [2.45, 2.75) is 25.9 Å². The lowest BCUT2D eigenvalue weighted by Gasteiger charge is -2.27. The first kappa shape index (κ1) is 17.4. The van der Waals surface area contributed by atoms with Gasteiger partial charge in [0.2, 0.25) is 5.78 Å². The third kappa shape index (κ3) is 4.28. The van der Waals surface area contributed by atoms with Crippen molar-refractivity contribution < 1.29 is 19.1 Å². The van der Waals surface area contributed by atoms with E-state index < -0.39 is 11.6 Å². The number of nitrogens with zero attached hydrogens (tertiary/aromatic N) is 3. The fourth-order valence-corrected chi connectivity index (χ4v) is 2.32. The molecule has 0 spiro atoms. The van der Waals surface area contributed by atoms with Crippen molar-refractivity contribution >= 4 is 18.0 Å². The number of rotatable bonds is 7. The summed E-state index contributed by atoms with van der Waals surface area (Å²) >= 11 is 0. The fraction of sp³-hybridized carbons (Fsp3) is 0.294. The van der Waals surface area contributed by atoms with Crippen LogP contribution in [-0.4, -0.2) is 39.2 Å². The number of ether oxygens (including phenoxy) is 2. The van der Waals surface area contributed by atoms with Crippen LogP contribution in [0.1, 0.15) is 19.4 Å². The summed E-state index contributed by atoms with van der Waals surface area (Å²) in [5.74, 6) is -0.266. The Balaban J connectivity index is 2.27. The second-order valence-corrected chi connectivity index (χ2v) is 5.37. The molecular formula is C17H19N3O4. The van der Waals surface area contributed by atoms with Crippen LogP contribution in [0.15, 0.2) is 43.0 Å². The summed E-state index contributed by atoms with van der Waals surface area (Å²) in [6.45, 7) is 2.85. The van der Waals surface area contributed by atoms with Crippen LogP contribution in [0.5, 0.6) is 5.75 Å². The Labute approximate surface area is 139 Å². The highest BCUT2D eigenvalue weighted by atomic mass is 16.6. The summed E-state index contributed by atoms with van der Waals surface area (Å²) in [5, 5.41) is 3.88. The van der Waals surface area contributed by atoms with E-state index in [1.54, 1.807) is 20.1 Å². The number of hydrogen-bond acceptors (Lipinski definition) is 6. The Morgan fingerprint density at radius 1 is 1.33 bits per heavy atom. The molecule has 0 amide bonds. The van der Waals surface area contributed by atoms with Gasteiger partial charge in [0.1, 0.15) is 18.4 Å². The Morgan fingerprint density at radius 3 is 2.71 bits per heavy atom. The number of para-hydroxylation sites is 1. The Morgan fingerprint density at radius 2 is 2.08 bits per heavy atom. The maximum atomic E-state index is 12.6. The number of benzene rings is 1. The molecule has 7 nitrogen and oxygen atoms in total. The van der Waals surface area contributed by atoms with Crippen LogP contribution in [0, 0.1) is 0 Å². The van der Waals surface area contributed by atoms with Crippen LogP contribution in [0.2, 0.25) is 0 Å². The predicted molar refractivity (Wildman–Crippen MR) is 87.2 cm³/mol. The van der Waals surface area contributed by atoms with E-state index in [4.69, 9.17) is 9.47 Å². The van der Waals surface area contributed by atoms with E-state index in [1.807, 2.05) is 18.2 Å². The van der Waals surface area contributed by atoms with Gasteiger partial charge < -0.3 is 9.47 Å². The Kier molecular flexibility index (Phi) is 5.47. The standard InChI is InChI=1S/C17H19N3O4/c1-13(21)24-17(2,10-14-6-4-5-7-15(14)23-3)16(22)8-9-20-12-18-11-19-20/h4-9,11-12H,10H2,1-3H3. The Bertz CT molecular complexity index is 740. The summed E-state index contributed by atoms with van der Waals surface area (Å²) in [6, 6.07) is 7.29. The number of ketones is 1. The molecule has 2 rings (SSSR count). The highest BCUT2D eigenvalue weighted by Crippen LogP contribution is 2.26. The second-order valence-electron chi connectivity index (χ2n) is 5.37. The van der Waals surface area contributed by atoms with Crippen molar-refractivity contribution in [2.75, 3.05) is 7.11 Å². The van der Waals surface area contributed by atoms with Crippen LogP contribution >= 0.6 is 0 Å². The van der Waals surface area contributed by atoms with Crippen molar-refractivity contribution in [3.8, 4) is 5.75 Å². The largest absolute Gasteiger partial charge is 0.496 e. The van der Waals surface area contributed by atoms with Crippen LogP contribution in [0.25, 0.3) is 6.20 Å². The lowest BCUT2D eigenvalue weighted by molar-refractivity contribution is -0.161. The van der Waals surface area contributed by atoms with Gasteiger partial charge in [0.25, 0.3) is 0 Å². The summed E-state index contributed by atoms with van der Waals surface area (Å²) in [6.07, 6.45) is 5.77.